The van der Waals surface area contributed by atoms with E-state index in [9.17, 15) is 4.79 Å². The van der Waals surface area contributed by atoms with Gasteiger partial charge in [0.15, 0.2) is 0 Å². The summed E-state index contributed by atoms with van der Waals surface area (Å²) >= 11 is 0.282. The molecule has 31 valence electrons. The number of hydrogen-bond donors (Lipinski definition) is 0. The van der Waals surface area contributed by atoms with Gasteiger partial charge >= 0.3 is 55.6 Å². The first kappa shape index (κ1) is 6.26. The molecule has 6 heavy (non-hydrogen) atoms. The van der Waals surface area contributed by atoms with Crippen molar-refractivity contribution in [2.24, 2.45) is 0 Å². The Kier molecular flexibility index (Phi) is 3.60. The van der Waals surface area contributed by atoms with Crippen molar-refractivity contribution in [3.8, 4) is 0 Å². The standard InChI is InChI=1S/C3H4O2.U/c1-2-3(4)5;/h2H,1H2,(H,4,5);/q;+1/p-1. The zero-order valence-electron chi connectivity index (χ0n) is 3.10. The van der Waals surface area contributed by atoms with Crippen molar-refractivity contribution >= 4 is 5.97 Å². The second-order valence-corrected chi connectivity index (χ2v) is 1.48. The van der Waals surface area contributed by atoms with E-state index in [4.69, 9.17) is 0 Å². The van der Waals surface area contributed by atoms with Crippen molar-refractivity contribution in [2.75, 3.05) is 0 Å². The first-order valence-corrected chi connectivity index (χ1v) is 3.01. The molecular formula is C3H3O2U. The van der Waals surface area contributed by atoms with E-state index in [0.717, 1.165) is 6.08 Å². The van der Waals surface area contributed by atoms with Gasteiger partial charge in [0.25, 0.3) is 0 Å². The molecule has 0 saturated carbocycles. The van der Waals surface area contributed by atoms with Gasteiger partial charge in [-0.3, -0.25) is 0 Å². The summed E-state index contributed by atoms with van der Waals surface area (Å²) in [6, 6.07) is 0. The van der Waals surface area contributed by atoms with Crippen LogP contribution in [0.2, 0.25) is 0 Å². The fourth-order valence-corrected chi connectivity index (χ4v) is 0.389. The summed E-state index contributed by atoms with van der Waals surface area (Å²) in [6.45, 7) is 3.18. The zero-order valence-corrected chi connectivity index (χ0v) is 7.26. The normalized spacial score (nSPS) is 7.00. The summed E-state index contributed by atoms with van der Waals surface area (Å²) in [4.78, 5) is 9.88. The van der Waals surface area contributed by atoms with Crippen LogP contribution >= 0.6 is 0 Å². The molecule has 0 bridgehead atoms. The molecule has 0 rings (SSSR count). The van der Waals surface area contributed by atoms with Crippen LogP contribution in [0.15, 0.2) is 12.7 Å². The van der Waals surface area contributed by atoms with Gasteiger partial charge in [-0.1, -0.05) is 0 Å². The molecule has 0 aromatic heterocycles. The van der Waals surface area contributed by atoms with Gasteiger partial charge in [0.2, 0.25) is 0 Å². The average Bonchev–Trinajstić information content (AvgIpc) is 1.65. The first-order chi connectivity index (χ1) is 2.81. The summed E-state index contributed by atoms with van der Waals surface area (Å²) < 4.78 is 4.31. The topological polar surface area (TPSA) is 26.3 Å². The van der Waals surface area contributed by atoms with Crippen LogP contribution in [0.3, 0.4) is 0 Å². The van der Waals surface area contributed by atoms with E-state index in [2.05, 4.69) is 8.82 Å². The third-order valence-corrected chi connectivity index (χ3v) is 1.10. The Balaban J connectivity index is 3.23. The van der Waals surface area contributed by atoms with Gasteiger partial charge in [0.1, 0.15) is 0 Å². The maximum absolute atomic E-state index is 9.88. The van der Waals surface area contributed by atoms with Crippen molar-refractivity contribution in [3.05, 3.63) is 12.7 Å². The molecule has 0 heterocycles. The number of hydrogen-bond acceptors (Lipinski definition) is 2. The Hall–Kier alpha value is 0.262. The molecule has 2 nitrogen and oxygen atoms in total. The van der Waals surface area contributed by atoms with Crippen LogP contribution in [-0.2, 0) is 7.04 Å². The maximum atomic E-state index is 9.88. The molecule has 0 aromatic rings. The summed E-state index contributed by atoms with van der Waals surface area (Å²) in [7, 11) is 0. The zero-order chi connectivity index (χ0) is 4.99. The predicted octanol–water partition coefficient (Wildman–Crippen LogP) is 0.180. The van der Waals surface area contributed by atoms with Crippen molar-refractivity contribution in [2.45, 2.75) is 0 Å². The van der Waals surface area contributed by atoms with E-state index in [0.29, 0.717) is 0 Å². The molecule has 0 saturated heterocycles. The van der Waals surface area contributed by atoms with Crippen molar-refractivity contribution in [1.82, 2.24) is 0 Å². The molecule has 0 spiro atoms. The van der Waals surface area contributed by atoms with E-state index in [1.807, 2.05) is 0 Å². The third kappa shape index (κ3) is 2.50. The summed E-state index contributed by atoms with van der Waals surface area (Å²) in [5.41, 5.74) is 0. The molecule has 0 aliphatic carbocycles. The van der Waals surface area contributed by atoms with Gasteiger partial charge in [0.05, 0.1) is 0 Å². The molecule has 0 fully saturated rings. The minimum atomic E-state index is -0.319. The van der Waals surface area contributed by atoms with Crippen molar-refractivity contribution in [1.29, 1.82) is 0 Å². The monoisotopic (exact) mass is 309 g/mol. The van der Waals surface area contributed by atoms with Crippen LogP contribution in [-0.4, -0.2) is 5.97 Å². The van der Waals surface area contributed by atoms with E-state index in [1.54, 1.807) is 0 Å². The summed E-state index contributed by atoms with van der Waals surface area (Å²) in [5.74, 6) is -0.319. The van der Waals surface area contributed by atoms with Crippen LogP contribution in [0, 0.1) is 29.9 Å². The molecular weight excluding hydrogens is 306 g/mol. The third-order valence-electron chi connectivity index (χ3n) is 0.267. The number of carbonyl (C=O) groups is 1. The fraction of sp³-hybridized carbons (Fsp3) is 0. The van der Waals surface area contributed by atoms with Gasteiger partial charge < -0.3 is 0 Å². The van der Waals surface area contributed by atoms with Crippen LogP contribution in [0.4, 0.5) is 0 Å². The molecule has 0 aliphatic rings. The molecule has 0 unspecified atom stereocenters. The Morgan fingerprint density at radius 2 is 2.50 bits per heavy atom. The van der Waals surface area contributed by atoms with Gasteiger partial charge in [-0.2, -0.15) is 0 Å². The first-order valence-electron chi connectivity index (χ1n) is 1.31. The van der Waals surface area contributed by atoms with Gasteiger partial charge in [0, 0.05) is 0 Å². The Morgan fingerprint density at radius 1 is 2.00 bits per heavy atom. The van der Waals surface area contributed by atoms with E-state index < -0.39 is 0 Å². The predicted molar refractivity (Wildman–Crippen MR) is 16.3 cm³/mol. The van der Waals surface area contributed by atoms with Crippen LogP contribution in [0.5, 0.6) is 0 Å². The molecule has 0 radical (unpaired) electrons. The Morgan fingerprint density at radius 3 is 2.50 bits per heavy atom. The number of rotatable bonds is 1. The van der Waals surface area contributed by atoms with Gasteiger partial charge in [-0.15, -0.1) is 0 Å². The fourth-order valence-electron chi connectivity index (χ4n) is 0.0417. The SMILES string of the molecule is C=CC(=O)[O][U]. The molecule has 3 heteroatoms. The van der Waals surface area contributed by atoms with Crippen LogP contribution in [0.25, 0.3) is 0 Å². The van der Waals surface area contributed by atoms with Gasteiger partial charge in [-0.25, -0.2) is 0 Å². The molecule has 0 amide bonds. The second kappa shape index (κ2) is 3.45. The van der Waals surface area contributed by atoms with Crippen LogP contribution in [0.1, 0.15) is 0 Å². The molecule has 0 N–H and O–H groups in total. The molecule has 0 aliphatic heterocycles. The van der Waals surface area contributed by atoms with Crippen molar-refractivity contribution < 1.29 is 37.0 Å². The minimum absolute atomic E-state index is 0.282. The molecule has 0 aromatic carbocycles. The summed E-state index contributed by atoms with van der Waals surface area (Å²) in [6.07, 6.45) is 1.15. The van der Waals surface area contributed by atoms with E-state index >= 15 is 0 Å². The quantitative estimate of drug-likeness (QED) is 0.646. The second-order valence-electron chi connectivity index (χ2n) is 0.625. The average molecular weight is 309 g/mol. The molecule has 0 atom stereocenters. The van der Waals surface area contributed by atoms with E-state index in [-0.39, 0.29) is 35.9 Å². The van der Waals surface area contributed by atoms with Gasteiger partial charge in [-0.05, 0) is 0 Å². The van der Waals surface area contributed by atoms with Crippen molar-refractivity contribution in [3.63, 3.8) is 0 Å². The Bertz CT molecular complexity index is 69.2. The number of carbonyl (C=O) groups excluding carboxylic acids is 1. The summed E-state index contributed by atoms with van der Waals surface area (Å²) in [5, 5.41) is 0. The van der Waals surface area contributed by atoms with E-state index in [1.165, 1.54) is 0 Å². The Labute approximate surface area is 55.6 Å². The van der Waals surface area contributed by atoms with Crippen LogP contribution < -0.4 is 0 Å².